The molecule has 2 N–H and O–H groups in total. The summed E-state index contributed by atoms with van der Waals surface area (Å²) in [4.78, 5) is 25.5. The van der Waals surface area contributed by atoms with Crippen molar-refractivity contribution in [2.45, 2.75) is 51.1 Å². The second kappa shape index (κ2) is 7.75. The Bertz CT molecular complexity index is 375. The largest absolute Gasteiger partial charge is 0.481 e. The monoisotopic (exact) mass is 298 g/mol. The number of ether oxygens (including phenoxy) is 1. The summed E-state index contributed by atoms with van der Waals surface area (Å²) in [7, 11) is 0. The molecule has 2 aliphatic heterocycles. The van der Waals surface area contributed by atoms with Crippen LogP contribution in [0.4, 0.5) is 0 Å². The van der Waals surface area contributed by atoms with Gasteiger partial charge in [0.2, 0.25) is 5.91 Å². The molecule has 0 aromatic carbocycles. The van der Waals surface area contributed by atoms with Crippen LogP contribution in [-0.4, -0.2) is 60.3 Å². The van der Waals surface area contributed by atoms with Crippen molar-refractivity contribution >= 4 is 11.9 Å². The molecule has 21 heavy (non-hydrogen) atoms. The summed E-state index contributed by atoms with van der Waals surface area (Å²) in [5, 5.41) is 12.2. The van der Waals surface area contributed by atoms with Crippen molar-refractivity contribution in [3.63, 3.8) is 0 Å². The first kappa shape index (κ1) is 16.2. The number of carbonyl (C=O) groups excluding carboxylic acids is 1. The molecule has 3 atom stereocenters. The molecule has 2 fully saturated rings. The van der Waals surface area contributed by atoms with Gasteiger partial charge in [0.15, 0.2) is 0 Å². The zero-order chi connectivity index (χ0) is 15.2. The van der Waals surface area contributed by atoms with Crippen molar-refractivity contribution in [2.75, 3.05) is 26.3 Å². The average Bonchev–Trinajstić information content (AvgIpc) is 2.93. The first-order chi connectivity index (χ1) is 10.1. The van der Waals surface area contributed by atoms with Gasteiger partial charge in [-0.3, -0.25) is 9.59 Å². The van der Waals surface area contributed by atoms with E-state index in [2.05, 4.69) is 5.32 Å². The molecule has 3 unspecified atom stereocenters. The first-order valence-corrected chi connectivity index (χ1v) is 7.97. The van der Waals surface area contributed by atoms with E-state index in [1.54, 1.807) is 0 Å². The topological polar surface area (TPSA) is 78.9 Å². The van der Waals surface area contributed by atoms with Crippen LogP contribution in [0.1, 0.15) is 39.0 Å². The number of rotatable bonds is 6. The molecule has 6 nitrogen and oxygen atoms in total. The van der Waals surface area contributed by atoms with Crippen LogP contribution in [0.25, 0.3) is 0 Å². The molecule has 6 heteroatoms. The lowest BCUT2D eigenvalue weighted by Gasteiger charge is -2.38. The highest BCUT2D eigenvalue weighted by molar-refractivity contribution is 5.80. The number of nitrogens with one attached hydrogen (secondary N) is 1. The van der Waals surface area contributed by atoms with E-state index in [4.69, 9.17) is 9.84 Å². The van der Waals surface area contributed by atoms with E-state index in [1.807, 2.05) is 11.8 Å². The molecule has 1 amide bonds. The normalized spacial score (nSPS) is 29.6. The first-order valence-electron chi connectivity index (χ1n) is 7.97. The Balaban J connectivity index is 1.98. The molecule has 0 aromatic rings. The predicted molar refractivity (Wildman–Crippen MR) is 78.0 cm³/mol. The van der Waals surface area contributed by atoms with Gasteiger partial charge in [-0.2, -0.15) is 0 Å². The minimum atomic E-state index is -0.789. The smallest absolute Gasteiger partial charge is 0.303 e. The van der Waals surface area contributed by atoms with Crippen LogP contribution in [0.2, 0.25) is 0 Å². The highest BCUT2D eigenvalue weighted by Gasteiger charge is 2.38. The van der Waals surface area contributed by atoms with Gasteiger partial charge in [-0.15, -0.1) is 0 Å². The Labute approximate surface area is 125 Å². The van der Waals surface area contributed by atoms with Gasteiger partial charge in [0, 0.05) is 25.0 Å². The number of carbonyl (C=O) groups is 2. The van der Waals surface area contributed by atoms with E-state index >= 15 is 0 Å². The summed E-state index contributed by atoms with van der Waals surface area (Å²) in [5.41, 5.74) is 0. The van der Waals surface area contributed by atoms with Crippen LogP contribution in [0.15, 0.2) is 0 Å². The summed E-state index contributed by atoms with van der Waals surface area (Å²) < 4.78 is 5.46. The van der Waals surface area contributed by atoms with Crippen molar-refractivity contribution in [3.8, 4) is 0 Å². The van der Waals surface area contributed by atoms with E-state index < -0.39 is 5.97 Å². The number of piperidine rings is 1. The fourth-order valence-electron chi connectivity index (χ4n) is 3.35. The third-order valence-electron chi connectivity index (χ3n) is 4.47. The maximum atomic E-state index is 12.8. The quantitative estimate of drug-likeness (QED) is 0.760. The zero-order valence-electron chi connectivity index (χ0n) is 12.7. The van der Waals surface area contributed by atoms with E-state index in [1.165, 1.54) is 0 Å². The summed E-state index contributed by atoms with van der Waals surface area (Å²) in [5.74, 6) is -0.786. The van der Waals surface area contributed by atoms with Gasteiger partial charge < -0.3 is 20.1 Å². The molecule has 2 rings (SSSR count). The van der Waals surface area contributed by atoms with Gasteiger partial charge in [-0.1, -0.05) is 6.92 Å². The number of likely N-dealkylation sites (tertiary alicyclic amines) is 1. The fourth-order valence-corrected chi connectivity index (χ4v) is 3.35. The predicted octanol–water partition coefficient (Wildman–Crippen LogP) is 0.857. The summed E-state index contributed by atoms with van der Waals surface area (Å²) >= 11 is 0. The van der Waals surface area contributed by atoms with Crippen LogP contribution < -0.4 is 5.32 Å². The molecule has 2 aliphatic rings. The summed E-state index contributed by atoms with van der Waals surface area (Å²) in [6, 6.07) is 0.162. The average molecular weight is 298 g/mol. The number of hydrogen-bond donors (Lipinski definition) is 2. The second-order valence-electron chi connectivity index (χ2n) is 5.92. The Morgan fingerprint density at radius 1 is 1.33 bits per heavy atom. The number of aliphatic carboxylic acids is 1. The van der Waals surface area contributed by atoms with Gasteiger partial charge in [0.1, 0.15) is 0 Å². The lowest BCUT2D eigenvalue weighted by atomic mass is 9.94. The maximum absolute atomic E-state index is 12.8. The van der Waals surface area contributed by atoms with Gasteiger partial charge >= 0.3 is 5.97 Å². The standard InChI is InChI=1S/C15H26N2O4/c1-2-16-13-10-21-9-12(13)15(20)17-8-4-3-5-11(17)6-7-14(18)19/h11-13,16H,2-10H2,1H3,(H,18,19). The Morgan fingerprint density at radius 2 is 2.14 bits per heavy atom. The van der Waals surface area contributed by atoms with Crippen LogP contribution in [0, 0.1) is 5.92 Å². The molecule has 0 aromatic heterocycles. The zero-order valence-corrected chi connectivity index (χ0v) is 12.7. The van der Waals surface area contributed by atoms with E-state index in [0.717, 1.165) is 32.4 Å². The Hall–Kier alpha value is -1.14. The number of carboxylic acid groups (broad SMARTS) is 1. The molecule has 2 heterocycles. The van der Waals surface area contributed by atoms with Crippen LogP contribution in [0.3, 0.4) is 0 Å². The molecular formula is C15H26N2O4. The van der Waals surface area contributed by atoms with Gasteiger partial charge in [0.25, 0.3) is 0 Å². The number of hydrogen-bond acceptors (Lipinski definition) is 4. The van der Waals surface area contributed by atoms with E-state index in [0.29, 0.717) is 19.6 Å². The number of carboxylic acids is 1. The van der Waals surface area contributed by atoms with Gasteiger partial charge in [-0.05, 0) is 32.2 Å². The second-order valence-corrected chi connectivity index (χ2v) is 5.92. The molecule has 0 saturated carbocycles. The highest BCUT2D eigenvalue weighted by atomic mass is 16.5. The Kier molecular flexibility index (Phi) is 5.99. The third-order valence-corrected chi connectivity index (χ3v) is 4.47. The van der Waals surface area contributed by atoms with Crippen molar-refractivity contribution < 1.29 is 19.4 Å². The van der Waals surface area contributed by atoms with Crippen molar-refractivity contribution in [1.29, 1.82) is 0 Å². The number of likely N-dealkylation sites (N-methyl/N-ethyl adjacent to an activating group) is 1. The molecule has 0 radical (unpaired) electrons. The van der Waals surface area contributed by atoms with Crippen LogP contribution in [0.5, 0.6) is 0 Å². The fraction of sp³-hybridized carbons (Fsp3) is 0.867. The van der Waals surface area contributed by atoms with Crippen LogP contribution in [-0.2, 0) is 14.3 Å². The summed E-state index contributed by atoms with van der Waals surface area (Å²) in [6.45, 7) is 4.64. The number of amides is 1. The number of nitrogens with zero attached hydrogens (tertiary/aromatic N) is 1. The molecule has 0 bridgehead atoms. The third kappa shape index (κ3) is 4.17. The van der Waals surface area contributed by atoms with Crippen molar-refractivity contribution in [2.24, 2.45) is 5.92 Å². The molecule has 120 valence electrons. The highest BCUT2D eigenvalue weighted by Crippen LogP contribution is 2.25. The van der Waals surface area contributed by atoms with Crippen molar-refractivity contribution in [3.05, 3.63) is 0 Å². The minimum Gasteiger partial charge on any atom is -0.481 e. The SMILES string of the molecule is CCNC1COCC1C(=O)N1CCCCC1CCC(=O)O. The summed E-state index contributed by atoms with van der Waals surface area (Å²) in [6.07, 6.45) is 3.69. The Morgan fingerprint density at radius 3 is 2.86 bits per heavy atom. The van der Waals surface area contributed by atoms with E-state index in [9.17, 15) is 9.59 Å². The lowest BCUT2D eigenvalue weighted by molar-refractivity contribution is -0.142. The minimum absolute atomic E-state index is 0.0743. The maximum Gasteiger partial charge on any atom is 0.303 e. The van der Waals surface area contributed by atoms with Crippen LogP contribution >= 0.6 is 0 Å². The van der Waals surface area contributed by atoms with Crippen molar-refractivity contribution in [1.82, 2.24) is 10.2 Å². The molecule has 0 aliphatic carbocycles. The lowest BCUT2D eigenvalue weighted by Crippen LogP contribution is -2.51. The molecule has 0 spiro atoms. The molecule has 2 saturated heterocycles. The molecular weight excluding hydrogens is 272 g/mol. The van der Waals surface area contributed by atoms with Gasteiger partial charge in [0.05, 0.1) is 19.1 Å². The van der Waals surface area contributed by atoms with E-state index in [-0.39, 0.29) is 30.3 Å². The van der Waals surface area contributed by atoms with Gasteiger partial charge in [-0.25, -0.2) is 0 Å².